The average molecular weight is 255 g/mol. The van der Waals surface area contributed by atoms with E-state index in [2.05, 4.69) is 5.32 Å². The van der Waals surface area contributed by atoms with Crippen molar-refractivity contribution in [3.05, 3.63) is 0 Å². The van der Waals surface area contributed by atoms with Crippen molar-refractivity contribution in [1.29, 1.82) is 0 Å². The van der Waals surface area contributed by atoms with Gasteiger partial charge in [0.2, 0.25) is 5.60 Å². The summed E-state index contributed by atoms with van der Waals surface area (Å²) in [5, 5.41) is 2.84. The third kappa shape index (κ3) is 1.77. The highest BCUT2D eigenvalue weighted by Gasteiger charge is 2.80. The number of hydrogen-bond acceptors (Lipinski definition) is 4. The number of hydrogen-bond donors (Lipinski definition) is 1. The van der Waals surface area contributed by atoms with Crippen molar-refractivity contribution in [3.8, 4) is 0 Å². The third-order valence-electron chi connectivity index (χ3n) is 3.38. The summed E-state index contributed by atoms with van der Waals surface area (Å²) in [5.41, 5.74) is -2.14. The Kier molecular flexibility index (Phi) is 3.02. The highest BCUT2D eigenvalue weighted by Crippen LogP contribution is 2.52. The van der Waals surface area contributed by atoms with E-state index in [1.54, 1.807) is 0 Å². The molecule has 1 N–H and O–H groups in total. The van der Waals surface area contributed by atoms with Crippen molar-refractivity contribution >= 4 is 11.7 Å². The average Bonchev–Trinajstić information content (AvgIpc) is 2.86. The molecule has 0 radical (unpaired) electrons. The van der Waals surface area contributed by atoms with Crippen LogP contribution in [0.5, 0.6) is 0 Å². The second kappa shape index (κ2) is 4.03. The van der Waals surface area contributed by atoms with Gasteiger partial charge < -0.3 is 14.8 Å². The zero-order valence-corrected chi connectivity index (χ0v) is 11.6. The maximum Gasteiger partial charge on any atom is 0.265 e. The van der Waals surface area contributed by atoms with Crippen LogP contribution in [0, 0.1) is 5.92 Å². The van der Waals surface area contributed by atoms with Gasteiger partial charge in [0, 0.05) is 6.42 Å². The summed E-state index contributed by atoms with van der Waals surface area (Å²) in [6.45, 7) is 9.30. The van der Waals surface area contributed by atoms with Gasteiger partial charge in [-0.3, -0.25) is 9.59 Å². The molecule has 5 nitrogen and oxygen atoms in total. The number of nitrogens with one attached hydrogen (secondary N) is 1. The quantitative estimate of drug-likeness (QED) is 0.588. The number of carbonyl (C=O) groups is 2. The number of epoxide rings is 1. The van der Waals surface area contributed by atoms with Crippen LogP contribution in [-0.2, 0) is 19.1 Å². The van der Waals surface area contributed by atoms with Gasteiger partial charge in [-0.05, 0) is 26.7 Å². The minimum Gasteiger partial charge on any atom is -0.350 e. The van der Waals surface area contributed by atoms with Crippen LogP contribution < -0.4 is 5.32 Å². The number of ketones is 1. The molecule has 5 heteroatoms. The van der Waals surface area contributed by atoms with E-state index in [-0.39, 0.29) is 17.8 Å². The fourth-order valence-corrected chi connectivity index (χ4v) is 2.85. The fourth-order valence-electron chi connectivity index (χ4n) is 2.85. The molecule has 0 aromatic rings. The van der Waals surface area contributed by atoms with Crippen molar-refractivity contribution in [2.45, 2.75) is 64.6 Å². The molecule has 2 aliphatic heterocycles. The van der Waals surface area contributed by atoms with Crippen LogP contribution >= 0.6 is 0 Å². The number of amides is 1. The van der Waals surface area contributed by atoms with Crippen molar-refractivity contribution in [2.24, 2.45) is 5.92 Å². The number of ether oxygens (including phenoxy) is 2. The van der Waals surface area contributed by atoms with Gasteiger partial charge in [0.15, 0.2) is 17.6 Å². The van der Waals surface area contributed by atoms with E-state index in [1.165, 1.54) is 6.92 Å². The highest BCUT2D eigenvalue weighted by atomic mass is 16.7. The van der Waals surface area contributed by atoms with E-state index in [9.17, 15) is 9.59 Å². The molecule has 0 aliphatic carbocycles. The van der Waals surface area contributed by atoms with Crippen molar-refractivity contribution < 1.29 is 19.1 Å². The zero-order valence-electron chi connectivity index (χ0n) is 11.6. The van der Waals surface area contributed by atoms with Crippen LogP contribution in [-0.4, -0.2) is 35.2 Å². The molecule has 1 amide bonds. The van der Waals surface area contributed by atoms with Crippen LogP contribution in [0.1, 0.15) is 41.0 Å². The van der Waals surface area contributed by atoms with Crippen LogP contribution in [0.2, 0.25) is 0 Å². The molecule has 0 spiro atoms. The maximum atomic E-state index is 12.0. The number of fused-ring (bicyclic) bond motifs is 1. The molecule has 18 heavy (non-hydrogen) atoms. The Morgan fingerprint density at radius 1 is 1.44 bits per heavy atom. The monoisotopic (exact) mass is 255 g/mol. The van der Waals surface area contributed by atoms with Gasteiger partial charge in [-0.15, -0.1) is 0 Å². The maximum absolute atomic E-state index is 12.0. The number of carbonyl (C=O) groups excluding carboxylic acids is 2. The second-order valence-electron chi connectivity index (χ2n) is 5.90. The van der Waals surface area contributed by atoms with Gasteiger partial charge in [0.05, 0.1) is 6.10 Å². The summed E-state index contributed by atoms with van der Waals surface area (Å²) in [6, 6.07) is 0. The summed E-state index contributed by atoms with van der Waals surface area (Å²) in [4.78, 5) is 23.7. The Balaban J connectivity index is 2.29. The minimum absolute atomic E-state index is 0.0454. The number of Topliss-reactive ketones (excluding diaryl/α,β-unsaturated/α-hetero) is 1. The lowest BCUT2D eigenvalue weighted by Crippen LogP contribution is -2.52. The molecule has 0 saturated carbocycles. The van der Waals surface area contributed by atoms with Crippen molar-refractivity contribution in [1.82, 2.24) is 5.32 Å². The number of morpholine rings is 1. The smallest absolute Gasteiger partial charge is 0.265 e. The van der Waals surface area contributed by atoms with Gasteiger partial charge in [-0.2, -0.15) is 0 Å². The van der Waals surface area contributed by atoms with E-state index in [1.807, 2.05) is 27.7 Å². The summed E-state index contributed by atoms with van der Waals surface area (Å²) in [5.74, 6) is -0.278. The Bertz CT molecular complexity index is 380. The zero-order chi connectivity index (χ0) is 13.7. The Morgan fingerprint density at radius 3 is 2.39 bits per heavy atom. The molecule has 2 heterocycles. The molecule has 2 aliphatic rings. The summed E-state index contributed by atoms with van der Waals surface area (Å²) >= 11 is 0. The predicted octanol–water partition coefficient (Wildman–Crippen LogP) is 1.01. The lowest BCUT2D eigenvalue weighted by Gasteiger charge is -2.33. The lowest BCUT2D eigenvalue weighted by molar-refractivity contribution is -0.150. The van der Waals surface area contributed by atoms with Crippen LogP contribution in [0.15, 0.2) is 0 Å². The lowest BCUT2D eigenvalue weighted by atomic mass is 9.93. The first-order valence-corrected chi connectivity index (χ1v) is 6.44. The predicted molar refractivity (Wildman–Crippen MR) is 64.8 cm³/mol. The Hall–Kier alpha value is -0.940. The highest BCUT2D eigenvalue weighted by molar-refractivity contribution is 6.14. The molecule has 2 rings (SSSR count). The van der Waals surface area contributed by atoms with E-state index < -0.39 is 17.4 Å². The van der Waals surface area contributed by atoms with Crippen molar-refractivity contribution in [3.63, 3.8) is 0 Å². The summed E-state index contributed by atoms with van der Waals surface area (Å²) in [7, 11) is 0. The van der Waals surface area contributed by atoms with Gasteiger partial charge in [-0.25, -0.2) is 0 Å². The molecule has 2 fully saturated rings. The first-order valence-electron chi connectivity index (χ1n) is 6.44. The Morgan fingerprint density at radius 2 is 2.06 bits per heavy atom. The molecular weight excluding hydrogens is 234 g/mol. The molecule has 2 saturated heterocycles. The third-order valence-corrected chi connectivity index (χ3v) is 3.38. The van der Waals surface area contributed by atoms with Gasteiger partial charge in [0.25, 0.3) is 5.91 Å². The van der Waals surface area contributed by atoms with E-state index >= 15 is 0 Å². The standard InChI is InChI=1S/C13H21NO4/c1-7(2)6-12(17-8(3)4)10-13(18-10,9(5)15)11(16)14-12/h7-8,10H,6H2,1-5H3,(H,14,16)/t10-,12-,13+/m0/s1. The number of rotatable bonds is 5. The molecule has 0 bridgehead atoms. The first-order chi connectivity index (χ1) is 8.24. The summed E-state index contributed by atoms with van der Waals surface area (Å²) in [6.07, 6.45) is 0.104. The Labute approximate surface area is 107 Å². The van der Waals surface area contributed by atoms with E-state index in [4.69, 9.17) is 9.47 Å². The van der Waals surface area contributed by atoms with Crippen molar-refractivity contribution in [2.75, 3.05) is 0 Å². The minimum atomic E-state index is -1.29. The topological polar surface area (TPSA) is 67.9 Å². The fraction of sp³-hybridized carbons (Fsp3) is 0.846. The van der Waals surface area contributed by atoms with Crippen LogP contribution in [0.4, 0.5) is 0 Å². The second-order valence-corrected chi connectivity index (χ2v) is 5.90. The summed E-state index contributed by atoms with van der Waals surface area (Å²) < 4.78 is 11.3. The molecule has 0 aromatic carbocycles. The van der Waals surface area contributed by atoms with Gasteiger partial charge in [0.1, 0.15) is 0 Å². The van der Waals surface area contributed by atoms with Gasteiger partial charge >= 0.3 is 0 Å². The first kappa shape index (κ1) is 13.5. The largest absolute Gasteiger partial charge is 0.350 e. The molecule has 0 aromatic heterocycles. The van der Waals surface area contributed by atoms with Gasteiger partial charge in [-0.1, -0.05) is 13.8 Å². The van der Waals surface area contributed by atoms with E-state index in [0.29, 0.717) is 12.3 Å². The molecule has 3 atom stereocenters. The van der Waals surface area contributed by atoms with Crippen LogP contribution in [0.3, 0.4) is 0 Å². The SMILES string of the molecule is CC(=O)[C@@]12O[C@H]1[C@](CC(C)C)(OC(C)C)NC2=O. The normalized spacial score (nSPS) is 37.9. The molecular formula is C13H21NO4. The van der Waals surface area contributed by atoms with Crippen LogP contribution in [0.25, 0.3) is 0 Å². The molecule has 102 valence electrons. The molecule has 0 unspecified atom stereocenters. The van der Waals surface area contributed by atoms with E-state index in [0.717, 1.165) is 0 Å².